The zero-order valence-corrected chi connectivity index (χ0v) is 10.6. The quantitative estimate of drug-likeness (QED) is 0.649. The van der Waals surface area contributed by atoms with E-state index in [1.54, 1.807) is 0 Å². The van der Waals surface area contributed by atoms with Crippen LogP contribution in [-0.2, 0) is 17.9 Å². The molecule has 3 N–H and O–H groups in total. The number of hydrogen-bond acceptors (Lipinski definition) is 3. The maximum atomic E-state index is 5.82. The van der Waals surface area contributed by atoms with E-state index in [0.717, 1.165) is 28.9 Å². The van der Waals surface area contributed by atoms with E-state index in [-0.39, 0.29) is 0 Å². The van der Waals surface area contributed by atoms with Gasteiger partial charge in [-0.2, -0.15) is 0 Å². The van der Waals surface area contributed by atoms with Crippen LogP contribution in [0.15, 0.2) is 54.6 Å². The Morgan fingerprint density at radius 1 is 1.11 bits per heavy atom. The Hall–Kier alpha value is -2.26. The van der Waals surface area contributed by atoms with Gasteiger partial charge in [-0.3, -0.25) is 10.3 Å². The molecule has 0 aliphatic heterocycles. The normalized spacial score (nSPS) is 12.9. The maximum Gasteiger partial charge on any atom is 0.0996 e. The Bertz CT molecular complexity index is 605. The molecule has 19 heavy (non-hydrogen) atoms. The standard InChI is InChI=1S/C16H16N2O/c17-14-8-6-13-7-9-16(15(13)10-14)18-19-11-12-4-2-1-3-5-12/h1-6,8-10,18H,7,11,17H2. The van der Waals surface area contributed by atoms with Crippen molar-refractivity contribution in [2.75, 3.05) is 5.73 Å². The molecule has 3 heteroatoms. The molecule has 0 radical (unpaired) electrons. The molecular formula is C16H16N2O. The molecule has 0 saturated carbocycles. The molecule has 0 saturated heterocycles. The highest BCUT2D eigenvalue weighted by Gasteiger charge is 2.14. The lowest BCUT2D eigenvalue weighted by atomic mass is 10.1. The molecule has 96 valence electrons. The van der Waals surface area contributed by atoms with Crippen LogP contribution in [0.3, 0.4) is 0 Å². The topological polar surface area (TPSA) is 47.3 Å². The molecule has 0 fully saturated rings. The van der Waals surface area contributed by atoms with Crippen LogP contribution in [0.4, 0.5) is 5.69 Å². The van der Waals surface area contributed by atoms with E-state index >= 15 is 0 Å². The smallest absolute Gasteiger partial charge is 0.0996 e. The molecule has 0 amide bonds. The molecule has 2 aromatic rings. The number of rotatable bonds is 4. The lowest BCUT2D eigenvalue weighted by Gasteiger charge is -2.10. The van der Waals surface area contributed by atoms with Crippen molar-refractivity contribution in [3.8, 4) is 0 Å². The van der Waals surface area contributed by atoms with Gasteiger partial charge in [-0.15, -0.1) is 0 Å². The fourth-order valence-corrected chi connectivity index (χ4v) is 2.21. The molecule has 2 aromatic carbocycles. The Balaban J connectivity index is 1.62. The number of benzene rings is 2. The van der Waals surface area contributed by atoms with E-state index in [2.05, 4.69) is 17.6 Å². The third-order valence-corrected chi connectivity index (χ3v) is 3.21. The average Bonchev–Trinajstić information content (AvgIpc) is 2.83. The molecule has 3 rings (SSSR count). The number of allylic oxidation sites excluding steroid dienone is 1. The second kappa shape index (κ2) is 5.16. The lowest BCUT2D eigenvalue weighted by molar-refractivity contribution is 0.0647. The summed E-state index contributed by atoms with van der Waals surface area (Å²) < 4.78 is 0. The summed E-state index contributed by atoms with van der Waals surface area (Å²) in [5.74, 6) is 0. The SMILES string of the molecule is Nc1ccc2c(c1)C(NOCc1ccccc1)=CC2. The zero-order chi connectivity index (χ0) is 13.1. The molecule has 0 unspecified atom stereocenters. The van der Waals surface area contributed by atoms with Gasteiger partial charge in [-0.05, 0) is 29.7 Å². The third kappa shape index (κ3) is 2.61. The van der Waals surface area contributed by atoms with Crippen LogP contribution < -0.4 is 11.2 Å². The first-order chi connectivity index (χ1) is 9.33. The number of hydroxylamine groups is 1. The Morgan fingerprint density at radius 2 is 1.95 bits per heavy atom. The van der Waals surface area contributed by atoms with Gasteiger partial charge in [0.05, 0.1) is 12.3 Å². The Morgan fingerprint density at radius 3 is 2.79 bits per heavy atom. The maximum absolute atomic E-state index is 5.82. The van der Waals surface area contributed by atoms with Crippen LogP contribution in [0.25, 0.3) is 5.70 Å². The van der Waals surface area contributed by atoms with Crippen LogP contribution in [0, 0.1) is 0 Å². The van der Waals surface area contributed by atoms with Crippen molar-refractivity contribution in [2.24, 2.45) is 0 Å². The minimum absolute atomic E-state index is 0.538. The monoisotopic (exact) mass is 252 g/mol. The van der Waals surface area contributed by atoms with Crippen molar-refractivity contribution in [1.82, 2.24) is 5.48 Å². The molecule has 0 heterocycles. The van der Waals surface area contributed by atoms with Crippen molar-refractivity contribution >= 4 is 11.4 Å². The van der Waals surface area contributed by atoms with Crippen LogP contribution in [-0.4, -0.2) is 0 Å². The largest absolute Gasteiger partial charge is 0.399 e. The summed E-state index contributed by atoms with van der Waals surface area (Å²) in [6.07, 6.45) is 3.04. The molecule has 0 spiro atoms. The molecule has 0 bridgehead atoms. The van der Waals surface area contributed by atoms with Gasteiger partial charge in [0.25, 0.3) is 0 Å². The third-order valence-electron chi connectivity index (χ3n) is 3.21. The predicted octanol–water partition coefficient (Wildman–Crippen LogP) is 2.89. The first-order valence-electron chi connectivity index (χ1n) is 6.33. The van der Waals surface area contributed by atoms with Gasteiger partial charge in [-0.25, -0.2) is 0 Å². The van der Waals surface area contributed by atoms with Crippen LogP contribution in [0.2, 0.25) is 0 Å². The summed E-state index contributed by atoms with van der Waals surface area (Å²) >= 11 is 0. The average molecular weight is 252 g/mol. The van der Waals surface area contributed by atoms with E-state index in [4.69, 9.17) is 10.6 Å². The second-order valence-corrected chi connectivity index (χ2v) is 4.61. The molecule has 1 aliphatic rings. The molecule has 3 nitrogen and oxygen atoms in total. The number of hydrogen-bond donors (Lipinski definition) is 2. The lowest BCUT2D eigenvalue weighted by Crippen LogP contribution is -2.12. The minimum Gasteiger partial charge on any atom is -0.399 e. The van der Waals surface area contributed by atoms with Crippen LogP contribution >= 0.6 is 0 Å². The van der Waals surface area contributed by atoms with E-state index in [9.17, 15) is 0 Å². The molecular weight excluding hydrogens is 236 g/mol. The van der Waals surface area contributed by atoms with Crippen molar-refractivity contribution in [1.29, 1.82) is 0 Å². The van der Waals surface area contributed by atoms with E-state index < -0.39 is 0 Å². The number of anilines is 1. The molecule has 1 aliphatic carbocycles. The van der Waals surface area contributed by atoms with Gasteiger partial charge in [0.15, 0.2) is 0 Å². The Labute approximate surface area is 112 Å². The van der Waals surface area contributed by atoms with Gasteiger partial charge < -0.3 is 5.73 Å². The van der Waals surface area contributed by atoms with Crippen molar-refractivity contribution in [3.63, 3.8) is 0 Å². The second-order valence-electron chi connectivity index (χ2n) is 4.61. The highest BCUT2D eigenvalue weighted by molar-refractivity contribution is 5.73. The van der Waals surface area contributed by atoms with Gasteiger partial charge in [0.1, 0.15) is 0 Å². The first kappa shape index (κ1) is 11.8. The van der Waals surface area contributed by atoms with Gasteiger partial charge in [0, 0.05) is 11.3 Å². The number of nitrogen functional groups attached to an aromatic ring is 1. The summed E-state index contributed by atoms with van der Waals surface area (Å²) in [5.41, 5.74) is 14.2. The highest BCUT2D eigenvalue weighted by atomic mass is 16.6. The highest BCUT2D eigenvalue weighted by Crippen LogP contribution is 2.27. The van der Waals surface area contributed by atoms with Gasteiger partial charge in [-0.1, -0.05) is 42.5 Å². The summed E-state index contributed by atoms with van der Waals surface area (Å²) in [6, 6.07) is 16.1. The summed E-state index contributed by atoms with van der Waals surface area (Å²) in [4.78, 5) is 5.54. The van der Waals surface area contributed by atoms with Crippen molar-refractivity contribution in [2.45, 2.75) is 13.0 Å². The van der Waals surface area contributed by atoms with E-state index in [1.165, 1.54) is 5.56 Å². The van der Waals surface area contributed by atoms with Crippen LogP contribution in [0.1, 0.15) is 16.7 Å². The summed E-state index contributed by atoms with van der Waals surface area (Å²) in [6.45, 7) is 0.538. The van der Waals surface area contributed by atoms with Crippen molar-refractivity contribution < 1.29 is 4.84 Å². The van der Waals surface area contributed by atoms with Gasteiger partial charge in [0.2, 0.25) is 0 Å². The fourth-order valence-electron chi connectivity index (χ4n) is 2.21. The predicted molar refractivity (Wildman–Crippen MR) is 76.9 cm³/mol. The molecule has 0 atom stereocenters. The van der Waals surface area contributed by atoms with E-state index in [0.29, 0.717) is 6.61 Å². The first-order valence-corrected chi connectivity index (χ1v) is 6.33. The summed E-state index contributed by atoms with van der Waals surface area (Å²) in [5, 5.41) is 0. The fraction of sp³-hybridized carbons (Fsp3) is 0.125. The number of fused-ring (bicyclic) bond motifs is 1. The minimum atomic E-state index is 0.538. The Kier molecular flexibility index (Phi) is 3.21. The zero-order valence-electron chi connectivity index (χ0n) is 10.6. The van der Waals surface area contributed by atoms with Crippen molar-refractivity contribution in [3.05, 3.63) is 71.3 Å². The number of nitrogens with one attached hydrogen (secondary N) is 1. The summed E-state index contributed by atoms with van der Waals surface area (Å²) in [7, 11) is 0. The number of nitrogens with two attached hydrogens (primary N) is 1. The molecule has 0 aromatic heterocycles. The van der Waals surface area contributed by atoms with Crippen LogP contribution in [0.5, 0.6) is 0 Å². The van der Waals surface area contributed by atoms with Gasteiger partial charge >= 0.3 is 0 Å². The van der Waals surface area contributed by atoms with E-state index in [1.807, 2.05) is 42.5 Å².